The lowest BCUT2D eigenvalue weighted by Crippen LogP contribution is -2.27. The molecule has 0 saturated heterocycles. The van der Waals surface area contributed by atoms with Crippen molar-refractivity contribution in [3.8, 4) is 10.4 Å². The first-order valence-corrected chi connectivity index (χ1v) is 12.1. The van der Waals surface area contributed by atoms with Gasteiger partial charge in [-0.2, -0.15) is 0 Å². The van der Waals surface area contributed by atoms with E-state index >= 15 is 0 Å². The summed E-state index contributed by atoms with van der Waals surface area (Å²) >= 11 is 3.97. The van der Waals surface area contributed by atoms with Crippen molar-refractivity contribution in [3.63, 3.8) is 0 Å². The van der Waals surface area contributed by atoms with Gasteiger partial charge in [0.2, 0.25) is 5.91 Å². The number of hydrogen-bond acceptors (Lipinski definition) is 6. The number of nitrogens with zero attached hydrogens (tertiary/aromatic N) is 2. The Hall–Kier alpha value is -2.82. The Labute approximate surface area is 194 Å². The van der Waals surface area contributed by atoms with Crippen molar-refractivity contribution in [3.05, 3.63) is 75.7 Å². The van der Waals surface area contributed by atoms with Gasteiger partial charge in [-0.1, -0.05) is 23.9 Å². The molecule has 0 saturated carbocycles. The minimum atomic E-state index is -0.736. The minimum Gasteiger partial charge on any atom is -0.323 e. The molecule has 1 atom stereocenters. The van der Waals surface area contributed by atoms with Gasteiger partial charge in [0.05, 0.1) is 16.3 Å². The molecule has 1 N–H and O–H groups in total. The predicted molar refractivity (Wildman–Crippen MR) is 128 cm³/mol. The predicted octanol–water partition coefficient (Wildman–Crippen LogP) is 5.77. The van der Waals surface area contributed by atoms with Gasteiger partial charge in [-0.25, -0.2) is 13.8 Å². The molecule has 10 heteroatoms. The smallest absolute Gasteiger partial charge is 0.263 e. The highest BCUT2D eigenvalue weighted by Crippen LogP contribution is 2.35. The maximum Gasteiger partial charge on any atom is 0.263 e. The number of thiophene rings is 2. The van der Waals surface area contributed by atoms with Gasteiger partial charge in [0.1, 0.15) is 16.5 Å². The standard InChI is InChI=1S/C22H17F2N3O2S3/c1-3-8-27-21(29)18-14(17-5-4-9-30-17)11-31-20(18)26-22(27)32-12(2)19(28)25-16-10-13(23)6-7-15(16)24/h3-7,9-12H,1,8H2,2H3,(H,25,28). The molecule has 164 valence electrons. The highest BCUT2D eigenvalue weighted by atomic mass is 32.2. The second-order valence-corrected chi connectivity index (χ2v) is 9.89. The van der Waals surface area contributed by atoms with Crippen LogP contribution in [0.4, 0.5) is 14.5 Å². The second-order valence-electron chi connectivity index (χ2n) is 6.78. The minimum absolute atomic E-state index is 0.217. The number of anilines is 1. The molecule has 0 spiro atoms. The molecule has 3 heterocycles. The summed E-state index contributed by atoms with van der Waals surface area (Å²) < 4.78 is 28.7. The molecule has 0 aliphatic carbocycles. The van der Waals surface area contributed by atoms with E-state index in [0.717, 1.165) is 40.4 Å². The zero-order valence-corrected chi connectivity index (χ0v) is 19.3. The summed E-state index contributed by atoms with van der Waals surface area (Å²) in [6.07, 6.45) is 1.59. The Balaban J connectivity index is 1.67. The number of rotatable bonds is 7. The Morgan fingerprint density at radius 1 is 1.34 bits per heavy atom. The number of halogens is 2. The fraction of sp³-hybridized carbons (Fsp3) is 0.136. The monoisotopic (exact) mass is 489 g/mol. The molecule has 0 radical (unpaired) electrons. The number of benzene rings is 1. The Kier molecular flexibility index (Phi) is 6.54. The van der Waals surface area contributed by atoms with E-state index in [1.165, 1.54) is 15.9 Å². The van der Waals surface area contributed by atoms with E-state index in [4.69, 9.17) is 0 Å². The van der Waals surface area contributed by atoms with Crippen LogP contribution in [0.15, 0.2) is 63.7 Å². The van der Waals surface area contributed by atoms with Gasteiger partial charge in [0, 0.05) is 28.4 Å². The number of hydrogen-bond donors (Lipinski definition) is 1. The lowest BCUT2D eigenvalue weighted by atomic mass is 10.2. The number of nitrogens with one attached hydrogen (secondary N) is 1. The number of carbonyl (C=O) groups is 1. The van der Waals surface area contributed by atoms with Crippen LogP contribution in [0.2, 0.25) is 0 Å². The van der Waals surface area contributed by atoms with Crippen LogP contribution < -0.4 is 10.9 Å². The van der Waals surface area contributed by atoms with Crippen molar-refractivity contribution in [2.24, 2.45) is 0 Å². The van der Waals surface area contributed by atoms with E-state index in [-0.39, 0.29) is 17.8 Å². The van der Waals surface area contributed by atoms with Crippen LogP contribution >= 0.6 is 34.4 Å². The van der Waals surface area contributed by atoms with Gasteiger partial charge >= 0.3 is 0 Å². The number of aromatic nitrogens is 2. The molecule has 3 aromatic heterocycles. The van der Waals surface area contributed by atoms with E-state index < -0.39 is 22.8 Å². The normalized spacial score (nSPS) is 12.1. The topological polar surface area (TPSA) is 64.0 Å². The first kappa shape index (κ1) is 22.4. The zero-order chi connectivity index (χ0) is 22.8. The van der Waals surface area contributed by atoms with Crippen molar-refractivity contribution in [1.29, 1.82) is 0 Å². The summed E-state index contributed by atoms with van der Waals surface area (Å²) in [6.45, 7) is 5.55. The first-order valence-electron chi connectivity index (χ1n) is 9.48. The van der Waals surface area contributed by atoms with Gasteiger partial charge < -0.3 is 5.32 Å². The Morgan fingerprint density at radius 2 is 2.16 bits per heavy atom. The van der Waals surface area contributed by atoms with E-state index in [0.29, 0.717) is 15.4 Å². The lowest BCUT2D eigenvalue weighted by molar-refractivity contribution is -0.115. The SMILES string of the molecule is C=CCn1c(SC(C)C(=O)Nc2cc(F)ccc2F)nc2scc(-c3cccs3)c2c1=O. The zero-order valence-electron chi connectivity index (χ0n) is 16.8. The first-order chi connectivity index (χ1) is 15.4. The average molecular weight is 490 g/mol. The summed E-state index contributed by atoms with van der Waals surface area (Å²) in [5.41, 5.74) is 0.373. The van der Waals surface area contributed by atoms with E-state index in [2.05, 4.69) is 16.9 Å². The van der Waals surface area contributed by atoms with Crippen LogP contribution in [0.25, 0.3) is 20.7 Å². The summed E-state index contributed by atoms with van der Waals surface area (Å²) in [6, 6.07) is 6.71. The number of thioether (sulfide) groups is 1. The molecule has 32 heavy (non-hydrogen) atoms. The van der Waals surface area contributed by atoms with Crippen LogP contribution in [-0.2, 0) is 11.3 Å². The molecule has 0 bridgehead atoms. The maximum atomic E-state index is 13.9. The molecule has 0 aliphatic rings. The molecule has 0 aliphatic heterocycles. The van der Waals surface area contributed by atoms with Crippen molar-refractivity contribution in [1.82, 2.24) is 9.55 Å². The fourth-order valence-corrected chi connectivity index (χ4v) is 5.76. The van der Waals surface area contributed by atoms with E-state index in [9.17, 15) is 18.4 Å². The molecule has 1 amide bonds. The third-order valence-electron chi connectivity index (χ3n) is 4.59. The Morgan fingerprint density at radius 3 is 2.88 bits per heavy atom. The van der Waals surface area contributed by atoms with Crippen molar-refractivity contribution in [2.45, 2.75) is 23.9 Å². The summed E-state index contributed by atoms with van der Waals surface area (Å²) in [5.74, 6) is -1.93. The van der Waals surface area contributed by atoms with Crippen molar-refractivity contribution in [2.75, 3.05) is 5.32 Å². The van der Waals surface area contributed by atoms with Gasteiger partial charge in [-0.15, -0.1) is 29.3 Å². The van der Waals surface area contributed by atoms with Gasteiger partial charge in [-0.05, 0) is 30.5 Å². The Bertz CT molecular complexity index is 1360. The molecule has 1 unspecified atom stereocenters. The summed E-state index contributed by atoms with van der Waals surface area (Å²) in [5, 5.41) is 6.39. The largest absolute Gasteiger partial charge is 0.323 e. The average Bonchev–Trinajstić information content (AvgIpc) is 3.43. The lowest BCUT2D eigenvalue weighted by Gasteiger charge is -2.15. The van der Waals surface area contributed by atoms with Gasteiger partial charge in [-0.3, -0.25) is 14.2 Å². The van der Waals surface area contributed by atoms with Gasteiger partial charge in [0.25, 0.3) is 5.56 Å². The third-order valence-corrected chi connectivity index (χ3v) is 7.46. The van der Waals surface area contributed by atoms with E-state index in [1.807, 2.05) is 22.9 Å². The second kappa shape index (κ2) is 9.35. The molecule has 5 nitrogen and oxygen atoms in total. The van der Waals surface area contributed by atoms with Gasteiger partial charge in [0.15, 0.2) is 5.16 Å². The molecule has 4 rings (SSSR count). The van der Waals surface area contributed by atoms with Crippen LogP contribution in [0, 0.1) is 11.6 Å². The van der Waals surface area contributed by atoms with Crippen LogP contribution in [0.3, 0.4) is 0 Å². The molecular weight excluding hydrogens is 472 g/mol. The number of allylic oxidation sites excluding steroid dienone is 1. The number of amides is 1. The number of carbonyl (C=O) groups excluding carboxylic acids is 1. The summed E-state index contributed by atoms with van der Waals surface area (Å²) in [4.78, 5) is 32.1. The van der Waals surface area contributed by atoms with E-state index in [1.54, 1.807) is 24.3 Å². The van der Waals surface area contributed by atoms with Crippen LogP contribution in [-0.4, -0.2) is 20.7 Å². The van der Waals surface area contributed by atoms with Crippen molar-refractivity contribution >= 4 is 56.2 Å². The molecule has 0 fully saturated rings. The van der Waals surface area contributed by atoms with Crippen molar-refractivity contribution < 1.29 is 13.6 Å². The van der Waals surface area contributed by atoms with Crippen LogP contribution in [0.5, 0.6) is 0 Å². The molecular formula is C22H17F2N3O2S3. The molecule has 1 aromatic carbocycles. The molecule has 4 aromatic rings. The quantitative estimate of drug-likeness (QED) is 0.203. The number of fused-ring (bicyclic) bond motifs is 1. The highest BCUT2D eigenvalue weighted by molar-refractivity contribution is 8.00. The highest BCUT2D eigenvalue weighted by Gasteiger charge is 2.22. The summed E-state index contributed by atoms with van der Waals surface area (Å²) in [7, 11) is 0. The maximum absolute atomic E-state index is 13.9. The van der Waals surface area contributed by atoms with Crippen LogP contribution in [0.1, 0.15) is 6.92 Å². The third kappa shape index (κ3) is 4.38. The fourth-order valence-electron chi connectivity index (χ4n) is 3.04.